The number of carbonyl (C=O) groups is 4. The molecular formula is C18H30O8S2. The van der Waals surface area contributed by atoms with Crippen LogP contribution in [-0.2, 0) is 38.1 Å². The van der Waals surface area contributed by atoms with E-state index in [-0.39, 0.29) is 11.2 Å². The number of hydrogen-bond donors (Lipinski definition) is 0. The highest BCUT2D eigenvalue weighted by Crippen LogP contribution is 2.31. The van der Waals surface area contributed by atoms with Crippen molar-refractivity contribution in [1.29, 1.82) is 0 Å². The van der Waals surface area contributed by atoms with Crippen molar-refractivity contribution in [2.75, 3.05) is 18.1 Å². The minimum absolute atomic E-state index is 0.0733. The van der Waals surface area contributed by atoms with E-state index in [0.717, 1.165) is 11.5 Å². The number of hydrogen-bond acceptors (Lipinski definition) is 10. The average Bonchev–Trinajstić information content (AvgIpc) is 2.55. The molecule has 162 valence electrons. The Morgan fingerprint density at radius 1 is 0.714 bits per heavy atom. The van der Waals surface area contributed by atoms with Crippen LogP contribution in [0, 0.1) is 0 Å². The lowest BCUT2D eigenvalue weighted by Crippen LogP contribution is -2.48. The van der Waals surface area contributed by atoms with Crippen LogP contribution in [0.1, 0.15) is 48.0 Å². The molecule has 8 nitrogen and oxygen atoms in total. The smallest absolute Gasteiger partial charge is 0.303 e. The maximum Gasteiger partial charge on any atom is 0.303 e. The summed E-state index contributed by atoms with van der Waals surface area (Å²) in [6.07, 6.45) is -2.72. The van der Waals surface area contributed by atoms with Crippen molar-refractivity contribution < 1.29 is 38.1 Å². The van der Waals surface area contributed by atoms with Gasteiger partial charge in [0.2, 0.25) is 0 Å². The second-order valence-corrected chi connectivity index (χ2v) is 9.01. The summed E-state index contributed by atoms with van der Waals surface area (Å²) in [5.74, 6) is -0.711. The fourth-order valence-electron chi connectivity index (χ4n) is 2.40. The van der Waals surface area contributed by atoms with Crippen molar-refractivity contribution in [2.45, 2.75) is 70.9 Å². The Morgan fingerprint density at radius 3 is 1.57 bits per heavy atom. The Bertz CT molecular complexity index is 520. The van der Waals surface area contributed by atoms with E-state index in [2.05, 4.69) is 0 Å². The van der Waals surface area contributed by atoms with Crippen LogP contribution in [0.15, 0.2) is 0 Å². The summed E-state index contributed by atoms with van der Waals surface area (Å²) < 4.78 is 21.1. The summed E-state index contributed by atoms with van der Waals surface area (Å²) in [5.41, 5.74) is 0. The van der Waals surface area contributed by atoms with Crippen molar-refractivity contribution in [3.05, 3.63) is 0 Å². The molecule has 0 aliphatic rings. The molecule has 0 N–H and O–H groups in total. The van der Waals surface area contributed by atoms with Crippen LogP contribution in [0.3, 0.4) is 0 Å². The predicted molar refractivity (Wildman–Crippen MR) is 108 cm³/mol. The van der Waals surface area contributed by atoms with E-state index >= 15 is 0 Å². The van der Waals surface area contributed by atoms with E-state index in [0.29, 0.717) is 6.42 Å². The molecule has 0 amide bonds. The normalized spacial score (nSPS) is 14.0. The molecule has 3 atom stereocenters. The first-order valence-corrected chi connectivity index (χ1v) is 11.1. The Hall–Kier alpha value is -1.42. The van der Waals surface area contributed by atoms with E-state index in [1.54, 1.807) is 23.5 Å². The molecule has 0 aromatic carbocycles. The molecule has 0 saturated carbocycles. The highest BCUT2D eigenvalue weighted by molar-refractivity contribution is 8.16. The summed E-state index contributed by atoms with van der Waals surface area (Å²) in [6, 6.07) is 0. The topological polar surface area (TPSA) is 105 Å². The molecule has 0 aliphatic heterocycles. The number of ether oxygens (including phenoxy) is 4. The van der Waals surface area contributed by atoms with Gasteiger partial charge in [-0.1, -0.05) is 13.8 Å². The van der Waals surface area contributed by atoms with Gasteiger partial charge in [-0.15, -0.1) is 23.5 Å². The largest absolute Gasteiger partial charge is 0.462 e. The molecular weight excluding hydrogens is 408 g/mol. The van der Waals surface area contributed by atoms with Crippen LogP contribution in [0.4, 0.5) is 0 Å². The standard InChI is InChI=1S/C18H30O8S2/c1-7-27-17(28-8-2)9-15(24-12(4)20)18(26-14(6)22)16(25-13(5)21)10-23-11(3)19/h15-18H,7-10H2,1-6H3/t15-,16-,18+/m1/s1. The van der Waals surface area contributed by atoms with Gasteiger partial charge >= 0.3 is 23.9 Å². The van der Waals surface area contributed by atoms with Crippen molar-refractivity contribution >= 4 is 47.4 Å². The summed E-state index contributed by atoms with van der Waals surface area (Å²) >= 11 is 3.35. The molecule has 0 radical (unpaired) electrons. The Labute approximate surface area is 174 Å². The fourth-order valence-corrected chi connectivity index (χ4v) is 5.00. The van der Waals surface area contributed by atoms with Gasteiger partial charge in [-0.25, -0.2) is 0 Å². The maximum atomic E-state index is 11.7. The first kappa shape index (κ1) is 26.6. The molecule has 0 fully saturated rings. The third-order valence-electron chi connectivity index (χ3n) is 3.25. The Kier molecular flexibility index (Phi) is 13.8. The molecule has 0 heterocycles. The summed E-state index contributed by atoms with van der Waals surface area (Å²) in [7, 11) is 0. The Morgan fingerprint density at radius 2 is 1.18 bits per heavy atom. The molecule has 28 heavy (non-hydrogen) atoms. The minimum atomic E-state index is -1.11. The number of thioether (sulfide) groups is 2. The lowest BCUT2D eigenvalue weighted by Gasteiger charge is -2.33. The van der Waals surface area contributed by atoms with Gasteiger partial charge in [0.15, 0.2) is 12.2 Å². The van der Waals surface area contributed by atoms with Crippen molar-refractivity contribution in [1.82, 2.24) is 0 Å². The zero-order valence-electron chi connectivity index (χ0n) is 17.2. The van der Waals surface area contributed by atoms with Gasteiger partial charge in [0.1, 0.15) is 12.7 Å². The molecule has 0 aromatic heterocycles. The first-order valence-electron chi connectivity index (χ1n) is 8.98. The average molecular weight is 439 g/mol. The van der Waals surface area contributed by atoms with Crippen LogP contribution in [-0.4, -0.2) is 64.9 Å². The summed E-state index contributed by atoms with van der Waals surface area (Å²) in [4.78, 5) is 46.1. The molecule has 0 rings (SSSR count). The van der Waals surface area contributed by atoms with Crippen LogP contribution >= 0.6 is 23.5 Å². The van der Waals surface area contributed by atoms with Crippen LogP contribution in [0.2, 0.25) is 0 Å². The van der Waals surface area contributed by atoms with Crippen LogP contribution in [0.25, 0.3) is 0 Å². The zero-order chi connectivity index (χ0) is 21.7. The summed E-state index contributed by atoms with van der Waals surface area (Å²) in [5, 5.41) is 0. The molecule has 10 heteroatoms. The minimum Gasteiger partial charge on any atom is -0.462 e. The lowest BCUT2D eigenvalue weighted by atomic mass is 10.1. The van der Waals surface area contributed by atoms with E-state index in [4.69, 9.17) is 18.9 Å². The highest BCUT2D eigenvalue weighted by Gasteiger charge is 2.39. The quantitative estimate of drug-likeness (QED) is 0.242. The van der Waals surface area contributed by atoms with Gasteiger partial charge in [-0.3, -0.25) is 19.2 Å². The third kappa shape index (κ3) is 12.1. The second-order valence-electron chi connectivity index (χ2n) is 5.75. The number of esters is 4. The van der Waals surface area contributed by atoms with Gasteiger partial charge in [0, 0.05) is 34.1 Å². The Balaban J connectivity index is 5.77. The molecule has 0 aromatic rings. The predicted octanol–water partition coefficient (Wildman–Crippen LogP) is 2.57. The lowest BCUT2D eigenvalue weighted by molar-refractivity contribution is -0.189. The number of rotatable bonds is 13. The SMILES string of the molecule is CCSC(C[C@@H](OC(C)=O)[C@H](OC(C)=O)[C@@H](COC(C)=O)OC(C)=O)SCC. The van der Waals surface area contributed by atoms with Gasteiger partial charge in [0.05, 0.1) is 4.58 Å². The molecule has 0 spiro atoms. The van der Waals surface area contributed by atoms with Gasteiger partial charge in [-0.2, -0.15) is 0 Å². The fraction of sp³-hybridized carbons (Fsp3) is 0.778. The zero-order valence-corrected chi connectivity index (χ0v) is 18.9. The molecule has 0 aliphatic carbocycles. The third-order valence-corrected chi connectivity index (χ3v) is 5.86. The van der Waals surface area contributed by atoms with Crippen LogP contribution < -0.4 is 0 Å². The molecule has 0 unspecified atom stereocenters. The monoisotopic (exact) mass is 438 g/mol. The second kappa shape index (κ2) is 14.6. The van der Waals surface area contributed by atoms with E-state index in [1.165, 1.54) is 27.7 Å². The highest BCUT2D eigenvalue weighted by atomic mass is 32.2. The maximum absolute atomic E-state index is 11.7. The van der Waals surface area contributed by atoms with Crippen molar-refractivity contribution in [3.63, 3.8) is 0 Å². The van der Waals surface area contributed by atoms with E-state index in [1.807, 2.05) is 13.8 Å². The van der Waals surface area contributed by atoms with Gasteiger partial charge in [0.25, 0.3) is 0 Å². The molecule has 0 bridgehead atoms. The van der Waals surface area contributed by atoms with Crippen molar-refractivity contribution in [3.8, 4) is 0 Å². The van der Waals surface area contributed by atoms with Gasteiger partial charge < -0.3 is 18.9 Å². The van der Waals surface area contributed by atoms with E-state index < -0.39 is 42.2 Å². The van der Waals surface area contributed by atoms with Gasteiger partial charge in [-0.05, 0) is 11.5 Å². The summed E-state index contributed by atoms with van der Waals surface area (Å²) in [6.45, 7) is 8.56. The van der Waals surface area contributed by atoms with E-state index in [9.17, 15) is 19.2 Å². The van der Waals surface area contributed by atoms with Crippen molar-refractivity contribution in [2.24, 2.45) is 0 Å². The molecule has 0 saturated heterocycles. The van der Waals surface area contributed by atoms with Crippen LogP contribution in [0.5, 0.6) is 0 Å². The number of carbonyl (C=O) groups excluding carboxylic acids is 4. The first-order chi connectivity index (χ1) is 13.1.